The largest absolute Gasteiger partial charge is 0.378 e. The molecular formula is C17H28N2O2S. The maximum atomic E-state index is 12.5. The van der Waals surface area contributed by atoms with Gasteiger partial charge in [0.1, 0.15) is 5.54 Å². The van der Waals surface area contributed by atoms with Crippen LogP contribution in [0, 0.1) is 11.3 Å². The molecule has 3 unspecified atom stereocenters. The van der Waals surface area contributed by atoms with Gasteiger partial charge in [0.05, 0.1) is 6.10 Å². The van der Waals surface area contributed by atoms with Gasteiger partial charge < -0.3 is 15.8 Å². The number of rotatable bonds is 7. The standard InChI is InChI=1S/C17H28N2O2S/c1-5-21-14-10-17(18,16(14,3)4)15(20)19-11-12(2)9-13-7-6-8-22-13/h6-8,12,14H,5,9-11,18H2,1-4H3,(H,19,20). The normalized spacial score (nSPS) is 28.0. The van der Waals surface area contributed by atoms with E-state index in [4.69, 9.17) is 10.5 Å². The number of nitrogens with one attached hydrogen (secondary N) is 1. The Hall–Kier alpha value is -0.910. The van der Waals surface area contributed by atoms with Gasteiger partial charge in [-0.3, -0.25) is 4.79 Å². The van der Waals surface area contributed by atoms with Gasteiger partial charge in [0, 0.05) is 29.9 Å². The van der Waals surface area contributed by atoms with Crippen molar-refractivity contribution in [2.24, 2.45) is 17.1 Å². The Morgan fingerprint density at radius 3 is 2.86 bits per heavy atom. The summed E-state index contributed by atoms with van der Waals surface area (Å²) in [5.41, 5.74) is 5.22. The van der Waals surface area contributed by atoms with Crippen molar-refractivity contribution in [1.82, 2.24) is 5.32 Å². The van der Waals surface area contributed by atoms with Crippen molar-refractivity contribution in [3.05, 3.63) is 22.4 Å². The maximum absolute atomic E-state index is 12.5. The quantitative estimate of drug-likeness (QED) is 0.810. The molecule has 0 saturated heterocycles. The van der Waals surface area contributed by atoms with Crippen LogP contribution in [-0.4, -0.2) is 30.7 Å². The first-order valence-corrected chi connectivity index (χ1v) is 8.90. The molecule has 1 fully saturated rings. The van der Waals surface area contributed by atoms with Crippen LogP contribution in [0.3, 0.4) is 0 Å². The van der Waals surface area contributed by atoms with E-state index in [1.54, 1.807) is 11.3 Å². The fourth-order valence-electron chi connectivity index (χ4n) is 3.09. The molecular weight excluding hydrogens is 296 g/mol. The zero-order valence-corrected chi connectivity index (χ0v) is 14.8. The highest BCUT2D eigenvalue weighted by Crippen LogP contribution is 2.49. The van der Waals surface area contributed by atoms with Crippen LogP contribution in [0.5, 0.6) is 0 Å². The Morgan fingerprint density at radius 1 is 1.59 bits per heavy atom. The summed E-state index contributed by atoms with van der Waals surface area (Å²) in [4.78, 5) is 13.9. The third-order valence-electron chi connectivity index (χ3n) is 4.98. The summed E-state index contributed by atoms with van der Waals surface area (Å²) < 4.78 is 5.68. The van der Waals surface area contributed by atoms with E-state index in [1.165, 1.54) is 4.88 Å². The lowest BCUT2D eigenvalue weighted by molar-refractivity contribution is -0.170. The van der Waals surface area contributed by atoms with Gasteiger partial charge in [-0.15, -0.1) is 11.3 Å². The van der Waals surface area contributed by atoms with Crippen LogP contribution >= 0.6 is 11.3 Å². The van der Waals surface area contributed by atoms with Gasteiger partial charge in [-0.25, -0.2) is 0 Å². The topological polar surface area (TPSA) is 64.3 Å². The summed E-state index contributed by atoms with van der Waals surface area (Å²) in [6.45, 7) is 9.47. The lowest BCUT2D eigenvalue weighted by Crippen LogP contribution is -2.75. The Bertz CT molecular complexity index is 501. The predicted octanol–water partition coefficient (Wildman–Crippen LogP) is 2.58. The number of ether oxygens (including phenoxy) is 1. The van der Waals surface area contributed by atoms with E-state index >= 15 is 0 Å². The molecule has 0 bridgehead atoms. The zero-order valence-electron chi connectivity index (χ0n) is 14.0. The second-order valence-electron chi connectivity index (χ2n) is 6.94. The molecule has 3 atom stereocenters. The van der Waals surface area contributed by atoms with Crippen LogP contribution in [0.1, 0.15) is 39.0 Å². The average Bonchev–Trinajstić information content (AvgIpc) is 2.97. The number of hydrogen-bond acceptors (Lipinski definition) is 4. The van der Waals surface area contributed by atoms with Gasteiger partial charge in [-0.2, -0.15) is 0 Å². The molecule has 4 nitrogen and oxygen atoms in total. The van der Waals surface area contributed by atoms with Crippen LogP contribution in [-0.2, 0) is 16.0 Å². The Morgan fingerprint density at radius 2 is 2.32 bits per heavy atom. The van der Waals surface area contributed by atoms with Gasteiger partial charge in [0.25, 0.3) is 0 Å². The van der Waals surface area contributed by atoms with Crippen LogP contribution in [0.25, 0.3) is 0 Å². The smallest absolute Gasteiger partial charge is 0.240 e. The third-order valence-corrected chi connectivity index (χ3v) is 5.87. The van der Waals surface area contributed by atoms with Gasteiger partial charge in [-0.1, -0.05) is 26.8 Å². The summed E-state index contributed by atoms with van der Waals surface area (Å²) >= 11 is 1.76. The highest BCUT2D eigenvalue weighted by atomic mass is 32.1. The van der Waals surface area contributed by atoms with E-state index in [0.717, 1.165) is 6.42 Å². The van der Waals surface area contributed by atoms with Crippen LogP contribution < -0.4 is 11.1 Å². The fourth-order valence-corrected chi connectivity index (χ4v) is 3.96. The van der Waals surface area contributed by atoms with Gasteiger partial charge in [0.2, 0.25) is 5.91 Å². The summed E-state index contributed by atoms with van der Waals surface area (Å²) in [6, 6.07) is 4.19. The number of carbonyl (C=O) groups is 1. The molecule has 22 heavy (non-hydrogen) atoms. The first kappa shape index (κ1) is 17.4. The summed E-state index contributed by atoms with van der Waals surface area (Å²) in [7, 11) is 0. The molecule has 0 spiro atoms. The molecule has 0 aliphatic heterocycles. The van der Waals surface area contributed by atoms with E-state index < -0.39 is 5.54 Å². The fraction of sp³-hybridized carbons (Fsp3) is 0.706. The number of nitrogens with two attached hydrogens (primary N) is 1. The van der Waals surface area contributed by atoms with Crippen molar-refractivity contribution in [3.8, 4) is 0 Å². The summed E-state index contributed by atoms with van der Waals surface area (Å²) in [6.07, 6.45) is 1.65. The average molecular weight is 324 g/mol. The molecule has 0 radical (unpaired) electrons. The summed E-state index contributed by atoms with van der Waals surface area (Å²) in [5.74, 6) is 0.351. The molecule has 1 saturated carbocycles. The molecule has 3 N–H and O–H groups in total. The first-order valence-electron chi connectivity index (χ1n) is 8.02. The van der Waals surface area contributed by atoms with E-state index in [0.29, 0.717) is 25.5 Å². The minimum absolute atomic E-state index is 0.0496. The Balaban J connectivity index is 1.84. The van der Waals surface area contributed by atoms with Gasteiger partial charge in [0.15, 0.2) is 0 Å². The highest BCUT2D eigenvalue weighted by molar-refractivity contribution is 7.09. The van der Waals surface area contributed by atoms with Gasteiger partial charge >= 0.3 is 0 Å². The minimum Gasteiger partial charge on any atom is -0.378 e. The number of thiophene rings is 1. The van der Waals surface area contributed by atoms with Crippen molar-refractivity contribution < 1.29 is 9.53 Å². The van der Waals surface area contributed by atoms with Crippen molar-refractivity contribution in [2.75, 3.05) is 13.2 Å². The predicted molar refractivity (Wildman–Crippen MR) is 90.9 cm³/mol. The molecule has 5 heteroatoms. The Kier molecular flexibility index (Phi) is 5.30. The molecule has 1 aromatic heterocycles. The SMILES string of the molecule is CCOC1CC(N)(C(=O)NCC(C)Cc2cccs2)C1(C)C. The monoisotopic (exact) mass is 324 g/mol. The Labute approximate surface area is 137 Å². The third kappa shape index (κ3) is 3.21. The van der Waals surface area contributed by atoms with Crippen molar-refractivity contribution in [2.45, 2.75) is 52.2 Å². The van der Waals surface area contributed by atoms with E-state index in [9.17, 15) is 4.79 Å². The lowest BCUT2D eigenvalue weighted by Gasteiger charge is -2.57. The van der Waals surface area contributed by atoms with Crippen molar-refractivity contribution in [1.29, 1.82) is 0 Å². The second-order valence-corrected chi connectivity index (χ2v) is 7.97. The van der Waals surface area contributed by atoms with E-state index in [2.05, 4.69) is 29.8 Å². The first-order chi connectivity index (χ1) is 10.3. The summed E-state index contributed by atoms with van der Waals surface area (Å²) in [5, 5.41) is 5.12. The second kappa shape index (κ2) is 6.69. The molecule has 2 rings (SSSR count). The van der Waals surface area contributed by atoms with E-state index in [1.807, 2.05) is 20.8 Å². The minimum atomic E-state index is -0.824. The maximum Gasteiger partial charge on any atom is 0.240 e. The lowest BCUT2D eigenvalue weighted by atomic mass is 9.54. The van der Waals surface area contributed by atoms with Crippen LogP contribution in [0.2, 0.25) is 0 Å². The van der Waals surface area contributed by atoms with Crippen LogP contribution in [0.4, 0.5) is 0 Å². The van der Waals surface area contributed by atoms with Crippen LogP contribution in [0.15, 0.2) is 17.5 Å². The molecule has 1 aromatic rings. The molecule has 0 aromatic carbocycles. The molecule has 1 amide bonds. The number of carbonyl (C=O) groups excluding carboxylic acids is 1. The zero-order chi connectivity index (χ0) is 16.4. The molecule has 124 valence electrons. The molecule has 1 aliphatic carbocycles. The number of hydrogen-bond donors (Lipinski definition) is 2. The van der Waals surface area contributed by atoms with Crippen molar-refractivity contribution in [3.63, 3.8) is 0 Å². The number of amides is 1. The van der Waals surface area contributed by atoms with Crippen molar-refractivity contribution >= 4 is 17.2 Å². The molecule has 1 aliphatic rings. The van der Waals surface area contributed by atoms with E-state index in [-0.39, 0.29) is 17.4 Å². The molecule has 1 heterocycles. The highest BCUT2D eigenvalue weighted by Gasteiger charge is 2.62. The van der Waals surface area contributed by atoms with Gasteiger partial charge in [-0.05, 0) is 30.7 Å².